The molecular formula is C82H137N5O60. The molecule has 0 aliphatic carbocycles. The highest BCUT2D eigenvalue weighted by Crippen LogP contribution is 2.43. The van der Waals surface area contributed by atoms with Crippen LogP contribution < -0.4 is 26.6 Å². The molecule has 12 aliphatic rings. The summed E-state index contributed by atoms with van der Waals surface area (Å²) in [6.07, 6.45) is -123. The largest absolute Gasteiger partial charge is 0.394 e. The number of carbonyl (C=O) groups is 5. The van der Waals surface area contributed by atoms with E-state index in [-0.39, 0.29) is 0 Å². The maximum absolute atomic E-state index is 13.8. The van der Waals surface area contributed by atoms with Crippen LogP contribution in [0.15, 0.2) is 0 Å². The first-order chi connectivity index (χ1) is 69.5. The highest BCUT2D eigenvalue weighted by Gasteiger charge is 2.64. The van der Waals surface area contributed by atoms with Crippen molar-refractivity contribution in [2.24, 2.45) is 0 Å². The summed E-state index contributed by atoms with van der Waals surface area (Å²) in [6.45, 7) is -7.69. The maximum Gasteiger partial charge on any atom is 0.217 e. The van der Waals surface area contributed by atoms with Crippen LogP contribution in [-0.4, -0.2) is 634 Å². The van der Waals surface area contributed by atoms with Crippen molar-refractivity contribution in [3.05, 3.63) is 0 Å². The summed E-state index contributed by atoms with van der Waals surface area (Å²) in [5, 5.41) is 376. The van der Waals surface area contributed by atoms with Gasteiger partial charge in [0.15, 0.2) is 75.5 Å². The lowest BCUT2D eigenvalue weighted by molar-refractivity contribution is -0.413. The Morgan fingerprint density at radius 1 is 0.190 bits per heavy atom. The van der Waals surface area contributed by atoms with Gasteiger partial charge in [0.1, 0.15) is 287 Å². The quantitative estimate of drug-likeness (QED) is 0.0273. The Labute approximate surface area is 832 Å². The second kappa shape index (κ2) is 52.8. The number of hydrogen-bond donors (Lipinski definition) is 37. The minimum Gasteiger partial charge on any atom is -0.394 e. The van der Waals surface area contributed by atoms with E-state index < -0.39 is 470 Å². The van der Waals surface area contributed by atoms with Gasteiger partial charge in [-0.2, -0.15) is 0 Å². The predicted molar refractivity (Wildman–Crippen MR) is 452 cm³/mol. The Morgan fingerprint density at radius 2 is 0.429 bits per heavy atom. The van der Waals surface area contributed by atoms with Crippen LogP contribution in [0.1, 0.15) is 41.5 Å². The SMILES string of the molecule is CC(=O)N[C@@H]1[C@@H](O)[C@H](O[C@@H]2O[C@H](CO)[C@@H](O[C@@H]3O[C@H](CO[C@H]4O[C@H](CO[C@H]5O[C@H](CO)[C@@H](O)[C@H](O)[C@@H]5O)[C@@H](O)[C@H](O[C@H]5O[C@H](CO)[C@@H](O)[C@H](O)[C@@H]5O)[C@@H]4O)[C@@H](O[C@@H]4O[C@H](CO)[C@@H](O)[C@H](O)[C@H]4NC(C)=O)[C@H](O[C@H]4O[C@H](CO)[C@@H](O[C@@H]5O[C@H](CO)[C@@H](O)[C@H](O)[C@H]5NC(C)=O)[C@H](O)[C@@H]4O[C@@H]4O[C@H](CO)[C@@H](O[C@@H]5O[C@H](CO)[C@H](O)[C@H](O)[C@H]5O)[C@H](O)[C@H]4NC(C)=O)[C@@H]3O)[C@H](O)[C@H]2NC(C)=O)[C@@H](CO[C@@H]2O[C@@H](C)[C@@H](O)[C@@H](O)[C@@H]2O)O[C@H]1O. The summed E-state index contributed by atoms with van der Waals surface area (Å²) >= 11 is 0. The minimum absolute atomic E-state index is 0.846. The van der Waals surface area contributed by atoms with Crippen molar-refractivity contribution >= 4 is 29.5 Å². The average molecular weight is 2150 g/mol. The third kappa shape index (κ3) is 27.0. The van der Waals surface area contributed by atoms with E-state index in [2.05, 4.69) is 26.6 Å². The summed E-state index contributed by atoms with van der Waals surface area (Å²) < 4.78 is 141. The fourth-order valence-corrected chi connectivity index (χ4v) is 19.1. The van der Waals surface area contributed by atoms with Crippen molar-refractivity contribution in [3.8, 4) is 0 Å². The predicted octanol–water partition coefficient (Wildman–Crippen LogP) is -25.4. The van der Waals surface area contributed by atoms with Crippen LogP contribution in [0.25, 0.3) is 0 Å². The van der Waals surface area contributed by atoms with Gasteiger partial charge in [0.05, 0.1) is 78.8 Å². The van der Waals surface area contributed by atoms with E-state index in [4.69, 9.17) is 109 Å². The molecule has 12 rings (SSSR count). The number of aliphatic hydroxyl groups excluding tert-OH is 32. The highest BCUT2D eigenvalue weighted by atomic mass is 16.8. The molecule has 0 aromatic heterocycles. The molecule has 12 heterocycles. The van der Waals surface area contributed by atoms with Gasteiger partial charge in [0.2, 0.25) is 29.5 Å². The molecule has 0 bridgehead atoms. The molecule has 850 valence electrons. The fourth-order valence-electron chi connectivity index (χ4n) is 19.1. The Kier molecular flexibility index (Phi) is 43.4. The number of nitrogens with one attached hydrogen (secondary N) is 5. The molecule has 0 aromatic carbocycles. The zero-order chi connectivity index (χ0) is 108. The van der Waals surface area contributed by atoms with Crippen molar-refractivity contribution in [3.63, 3.8) is 0 Å². The van der Waals surface area contributed by atoms with Gasteiger partial charge in [0.25, 0.3) is 0 Å². The van der Waals surface area contributed by atoms with E-state index in [1.807, 2.05) is 0 Å². The van der Waals surface area contributed by atoms with Crippen molar-refractivity contribution in [1.29, 1.82) is 0 Å². The molecule has 5 amide bonds. The molecule has 65 nitrogen and oxygen atoms in total. The number of carbonyl (C=O) groups excluding carboxylic acids is 5. The lowest BCUT2D eigenvalue weighted by Gasteiger charge is -2.53. The third-order valence-corrected chi connectivity index (χ3v) is 27.0. The summed E-state index contributed by atoms with van der Waals surface area (Å²) in [7, 11) is 0. The highest BCUT2D eigenvalue weighted by molar-refractivity contribution is 5.75. The Hall–Kier alpha value is -4.85. The Bertz CT molecular complexity index is 4110. The van der Waals surface area contributed by atoms with Crippen LogP contribution in [0.4, 0.5) is 0 Å². The number of rotatable bonds is 38. The molecule has 0 unspecified atom stereocenters. The number of amides is 5. The molecule has 0 saturated carbocycles. The van der Waals surface area contributed by atoms with Gasteiger partial charge in [-0.3, -0.25) is 24.0 Å². The van der Waals surface area contributed by atoms with Crippen molar-refractivity contribution in [2.45, 2.75) is 410 Å². The lowest BCUT2D eigenvalue weighted by atomic mass is 9.93. The van der Waals surface area contributed by atoms with Crippen LogP contribution in [0.2, 0.25) is 0 Å². The Balaban J connectivity index is 1.01. The van der Waals surface area contributed by atoms with E-state index >= 15 is 0 Å². The molecule has 12 saturated heterocycles. The first kappa shape index (κ1) is 121. The first-order valence-electron chi connectivity index (χ1n) is 47.0. The molecular weight excluding hydrogens is 2010 g/mol. The van der Waals surface area contributed by atoms with E-state index in [1.54, 1.807) is 0 Å². The van der Waals surface area contributed by atoms with Gasteiger partial charge < -0.3 is 299 Å². The third-order valence-electron chi connectivity index (χ3n) is 27.0. The van der Waals surface area contributed by atoms with Crippen molar-refractivity contribution in [1.82, 2.24) is 26.6 Å². The molecule has 147 heavy (non-hydrogen) atoms. The van der Waals surface area contributed by atoms with Crippen molar-refractivity contribution in [2.75, 3.05) is 72.7 Å². The number of aliphatic hydroxyl groups is 32. The molecule has 65 heteroatoms. The lowest BCUT2D eigenvalue weighted by Crippen LogP contribution is -2.72. The van der Waals surface area contributed by atoms with Crippen LogP contribution in [0.3, 0.4) is 0 Å². The van der Waals surface area contributed by atoms with Gasteiger partial charge >= 0.3 is 0 Å². The molecule has 0 aromatic rings. The van der Waals surface area contributed by atoms with Gasteiger partial charge in [-0.1, -0.05) is 0 Å². The zero-order valence-electron chi connectivity index (χ0n) is 79.2. The van der Waals surface area contributed by atoms with Gasteiger partial charge in [0, 0.05) is 34.6 Å². The molecule has 37 N–H and O–H groups in total. The van der Waals surface area contributed by atoms with Crippen LogP contribution in [0.5, 0.6) is 0 Å². The average Bonchev–Trinajstić information content (AvgIpc) is 0.750. The summed E-state index contributed by atoms with van der Waals surface area (Å²) in [5.74, 6) is -5.16. The number of hydrogen-bond acceptors (Lipinski definition) is 60. The molecule has 12 aliphatic heterocycles. The van der Waals surface area contributed by atoms with Gasteiger partial charge in [-0.15, -0.1) is 0 Å². The van der Waals surface area contributed by atoms with E-state index in [9.17, 15) is 187 Å². The van der Waals surface area contributed by atoms with Crippen molar-refractivity contribution < 1.29 is 296 Å². The van der Waals surface area contributed by atoms with E-state index in [0.717, 1.165) is 34.6 Å². The zero-order valence-corrected chi connectivity index (χ0v) is 79.2. The molecule has 0 spiro atoms. The first-order valence-corrected chi connectivity index (χ1v) is 47.0. The number of ether oxygens (including phenoxy) is 23. The van der Waals surface area contributed by atoms with Crippen LogP contribution in [0, 0.1) is 0 Å². The molecule has 0 radical (unpaired) electrons. The summed E-state index contributed by atoms with van der Waals surface area (Å²) in [6, 6.07) is -10.4. The fraction of sp³-hybridized carbons (Fsp3) is 0.939. The standard InChI is InChI=1S/C82H137N5O60/c1-18-40(101)52(113)56(117)76(128-18)126-16-33-66(49(110)35(71(124)129-33)83-19(2)96)141-74-38(86-22(5)99)50(111)64(30(13-94)135-74)143-81-62(123)69(146-82-70(60(121)65(31(14-95)137-82)140-72-36(84-20(3)97)47(108)41(102)24(7-88)130-72)147-75-39(87-23(6)100)51(112)63(29(12-93)136-75)142-79-58(119)54(115)44(105)27(10-91)133-79)67(144-73-37(85-21(4)98)48(109)42(103)25(8-89)131-73)34(139-81)17-127-78-61(122)68(145-80-59(120)55(116)45(106)28(11-92)134-80)46(107)32(138-78)15-125-77-57(118)53(114)43(104)26(9-90)132-77/h18,24-82,88-95,101-124H,7-17H2,1-6H3,(H,83,96)(H,84,97)(H,85,98)(H,86,99)(H,87,100)/t18-,24+,25+,26+,27+,28+,29+,30+,31+,32+,33+,34+,35+,36+,37+,38+,39+,40+,41+,42+,43+,44-,45+,46+,47+,48+,49+,50+,51+,52+,53-,54-,55-,56-,57-,58+,59-,60-,61-,62-,63+,64+,65+,66+,67+,68-,69+,70-,71+,72-,73-,74-,75-,76+,77-,78-,79-,80+,81-,82+/m0/s1. The summed E-state index contributed by atoms with van der Waals surface area (Å²) in [5.41, 5.74) is 0. The minimum atomic E-state index is -2.95. The smallest absolute Gasteiger partial charge is 0.217 e. The monoisotopic (exact) mass is 2150 g/mol. The molecule has 12 fully saturated rings. The van der Waals surface area contributed by atoms with Gasteiger partial charge in [-0.25, -0.2) is 0 Å². The Morgan fingerprint density at radius 3 is 0.823 bits per heavy atom. The maximum atomic E-state index is 13.8. The summed E-state index contributed by atoms with van der Waals surface area (Å²) in [4.78, 5) is 66.3. The normalized spacial score (nSPS) is 49.6. The van der Waals surface area contributed by atoms with Crippen LogP contribution in [-0.2, 0) is 133 Å². The molecule has 60 atom stereocenters. The van der Waals surface area contributed by atoms with E-state index in [0.29, 0.717) is 0 Å². The topological polar surface area (TPSA) is 1010 Å². The second-order valence-corrected chi connectivity index (χ2v) is 37.4. The van der Waals surface area contributed by atoms with E-state index in [1.165, 1.54) is 6.92 Å². The van der Waals surface area contributed by atoms with Gasteiger partial charge in [-0.05, 0) is 6.92 Å². The second-order valence-electron chi connectivity index (χ2n) is 37.4. The van der Waals surface area contributed by atoms with Crippen LogP contribution >= 0.6 is 0 Å².